The molecule has 0 unspecified atom stereocenters. The molecule has 1 aromatic rings. The average Bonchev–Trinajstić information content (AvgIpc) is 2.88. The van der Waals surface area contributed by atoms with Gasteiger partial charge < -0.3 is 24.4 Å². The molecule has 0 aromatic heterocycles. The summed E-state index contributed by atoms with van der Waals surface area (Å²) in [6.07, 6.45) is -3.30. The number of Topliss-reactive ketones (excluding diaryl/α,β-unsaturated/α-hetero) is 1. The summed E-state index contributed by atoms with van der Waals surface area (Å²) in [7, 11) is 0. The van der Waals surface area contributed by atoms with E-state index in [9.17, 15) is 29.4 Å². The molecular weight excluding hydrogens is 548 g/mol. The lowest BCUT2D eigenvalue weighted by atomic mass is 9.46. The van der Waals surface area contributed by atoms with Crippen LogP contribution in [-0.4, -0.2) is 74.4 Å². The number of fused-ring (bicyclic) bond motifs is 5. The highest BCUT2D eigenvalue weighted by molar-refractivity contribution is 8.01. The van der Waals surface area contributed by atoms with Gasteiger partial charge in [0.1, 0.15) is 17.3 Å². The Kier molecular flexibility index (Phi) is 7.23. The van der Waals surface area contributed by atoms with Crippen molar-refractivity contribution in [3.8, 4) is 0 Å². The summed E-state index contributed by atoms with van der Waals surface area (Å²) >= 11 is 1.59. The van der Waals surface area contributed by atoms with Crippen LogP contribution in [0, 0.1) is 16.7 Å². The Labute approximate surface area is 244 Å². The van der Waals surface area contributed by atoms with Gasteiger partial charge in [-0.25, -0.2) is 4.79 Å². The smallest absolute Gasteiger partial charge is 0.338 e. The van der Waals surface area contributed by atoms with E-state index < -0.39 is 70.0 Å². The maximum Gasteiger partial charge on any atom is 0.338 e. The van der Waals surface area contributed by atoms with E-state index in [1.807, 2.05) is 0 Å². The third-order valence-electron chi connectivity index (χ3n) is 10.1. The van der Waals surface area contributed by atoms with Gasteiger partial charge in [-0.05, 0) is 43.0 Å². The Morgan fingerprint density at radius 1 is 1.02 bits per heavy atom. The molecule has 1 heterocycles. The zero-order chi connectivity index (χ0) is 30.1. The number of esters is 3. The van der Waals surface area contributed by atoms with Gasteiger partial charge in [0.2, 0.25) is 0 Å². The predicted octanol–water partition coefficient (Wildman–Crippen LogP) is 3.40. The van der Waals surface area contributed by atoms with Gasteiger partial charge >= 0.3 is 17.9 Å². The fraction of sp³-hybridized carbons (Fsp3) is 0.613. The quantitative estimate of drug-likeness (QED) is 0.307. The second-order valence-corrected chi connectivity index (χ2v) is 13.9. The number of ketones is 1. The van der Waals surface area contributed by atoms with Crippen LogP contribution in [0.2, 0.25) is 0 Å². The summed E-state index contributed by atoms with van der Waals surface area (Å²) in [6, 6.07) is 8.34. The standard InChI is InChI=1S/C31H38O9S/c1-16-20(34)14-31(37)26(39-27(36)19-10-8-7-9-11-19)24-29(6,13-12-21-30(24,15-41-21)40-18(3)33)25(35)23(38-17(2)32)22(16)28(31,4)5/h7-11,20-21,23-24,26,34,37H,12-15H2,1-6H3/t20-,21+,23+,24-,26-,29+,30-,31+/m0/s1. The molecule has 2 saturated carbocycles. The highest BCUT2D eigenvalue weighted by Gasteiger charge is 2.75. The average molecular weight is 587 g/mol. The number of hydrogen-bond donors (Lipinski definition) is 2. The van der Waals surface area contributed by atoms with Crippen molar-refractivity contribution in [2.75, 3.05) is 5.75 Å². The molecule has 1 saturated heterocycles. The Morgan fingerprint density at radius 3 is 2.24 bits per heavy atom. The molecule has 0 amide bonds. The number of carbonyl (C=O) groups excluding carboxylic acids is 4. The van der Waals surface area contributed by atoms with Gasteiger partial charge in [-0.3, -0.25) is 14.4 Å². The van der Waals surface area contributed by atoms with Crippen LogP contribution >= 0.6 is 11.8 Å². The number of ether oxygens (including phenoxy) is 3. The van der Waals surface area contributed by atoms with Gasteiger partial charge in [0, 0.05) is 42.1 Å². The number of aliphatic hydroxyl groups is 2. The molecule has 5 rings (SSSR count). The summed E-state index contributed by atoms with van der Waals surface area (Å²) in [4.78, 5) is 53.5. The Balaban J connectivity index is 1.81. The van der Waals surface area contributed by atoms with Crippen LogP contribution in [0.25, 0.3) is 0 Å². The van der Waals surface area contributed by atoms with Gasteiger partial charge in [0.05, 0.1) is 17.6 Å². The Morgan fingerprint density at radius 2 is 1.68 bits per heavy atom. The fourth-order valence-electron chi connectivity index (χ4n) is 7.92. The van der Waals surface area contributed by atoms with Gasteiger partial charge in [-0.1, -0.05) is 39.0 Å². The van der Waals surface area contributed by atoms with Gasteiger partial charge in [0.15, 0.2) is 11.9 Å². The minimum Gasteiger partial charge on any atom is -0.457 e. The maximum absolute atomic E-state index is 14.8. The first-order chi connectivity index (χ1) is 19.1. The van der Waals surface area contributed by atoms with Crippen molar-refractivity contribution in [2.45, 2.75) is 95.6 Å². The lowest BCUT2D eigenvalue weighted by Gasteiger charge is -2.66. The van der Waals surface area contributed by atoms with Crippen LogP contribution in [0.15, 0.2) is 41.5 Å². The number of benzene rings is 1. The van der Waals surface area contributed by atoms with E-state index >= 15 is 0 Å². The lowest BCUT2D eigenvalue weighted by Crippen LogP contribution is -2.77. The Hall–Kier alpha value is -2.69. The number of carbonyl (C=O) groups is 4. The summed E-state index contributed by atoms with van der Waals surface area (Å²) in [5, 5.41) is 24.0. The van der Waals surface area contributed by atoms with Gasteiger partial charge in [0.25, 0.3) is 0 Å². The van der Waals surface area contributed by atoms with Crippen LogP contribution in [0.1, 0.15) is 71.2 Å². The number of rotatable bonds is 4. The fourth-order valence-corrected chi connectivity index (χ4v) is 9.37. The van der Waals surface area contributed by atoms with Crippen molar-refractivity contribution in [3.05, 3.63) is 47.0 Å². The molecule has 4 aliphatic rings. The molecule has 1 aromatic carbocycles. The SMILES string of the molecule is CC(=O)O[C@H]1C(=O)[C@]2(C)CC[C@H]3SC[C@@]3(OC(C)=O)[C@H]2[C@H](OC(=O)c2ccccc2)[C@]2(O)C[C@H](O)C(C)=C1C2(C)C. The van der Waals surface area contributed by atoms with Crippen molar-refractivity contribution < 1.29 is 43.6 Å². The van der Waals surface area contributed by atoms with Gasteiger partial charge in [-0.2, -0.15) is 11.8 Å². The monoisotopic (exact) mass is 586 g/mol. The molecule has 8 atom stereocenters. The first kappa shape index (κ1) is 29.8. The third kappa shape index (κ3) is 4.28. The summed E-state index contributed by atoms with van der Waals surface area (Å²) in [6.45, 7) is 9.32. The van der Waals surface area contributed by atoms with Crippen molar-refractivity contribution >= 4 is 35.5 Å². The second-order valence-electron chi connectivity index (χ2n) is 12.7. The molecule has 0 radical (unpaired) electrons. The maximum atomic E-state index is 14.8. The first-order valence-electron chi connectivity index (χ1n) is 14.0. The van der Waals surface area contributed by atoms with E-state index in [0.717, 1.165) is 0 Å². The van der Waals surface area contributed by atoms with E-state index in [1.165, 1.54) is 13.8 Å². The number of thioether (sulfide) groups is 1. The van der Waals surface area contributed by atoms with Crippen molar-refractivity contribution in [1.82, 2.24) is 0 Å². The van der Waals surface area contributed by atoms with E-state index in [1.54, 1.807) is 69.8 Å². The van der Waals surface area contributed by atoms with Crippen LogP contribution in [-0.2, 0) is 28.6 Å². The minimum atomic E-state index is -1.94. The molecule has 3 aliphatic carbocycles. The van der Waals surface area contributed by atoms with Crippen LogP contribution < -0.4 is 0 Å². The molecule has 2 bridgehead atoms. The number of aliphatic hydroxyl groups excluding tert-OH is 1. The zero-order valence-corrected chi connectivity index (χ0v) is 25.1. The van der Waals surface area contributed by atoms with Crippen molar-refractivity contribution in [2.24, 2.45) is 16.7 Å². The summed E-state index contributed by atoms with van der Waals surface area (Å²) < 4.78 is 18.1. The van der Waals surface area contributed by atoms with E-state index in [2.05, 4.69) is 0 Å². The molecule has 222 valence electrons. The molecule has 9 nitrogen and oxygen atoms in total. The Bertz CT molecular complexity index is 1320. The zero-order valence-electron chi connectivity index (χ0n) is 24.3. The third-order valence-corrected chi connectivity index (χ3v) is 11.7. The molecular formula is C31H38O9S. The van der Waals surface area contributed by atoms with Gasteiger partial charge in [-0.15, -0.1) is 0 Å². The van der Waals surface area contributed by atoms with Crippen molar-refractivity contribution in [1.29, 1.82) is 0 Å². The highest BCUT2D eigenvalue weighted by atomic mass is 32.2. The van der Waals surface area contributed by atoms with E-state index in [4.69, 9.17) is 14.2 Å². The minimum absolute atomic E-state index is 0.196. The van der Waals surface area contributed by atoms with Crippen LogP contribution in [0.4, 0.5) is 0 Å². The number of hydrogen-bond acceptors (Lipinski definition) is 10. The predicted molar refractivity (Wildman–Crippen MR) is 150 cm³/mol. The normalized spacial score (nSPS) is 39.2. The largest absolute Gasteiger partial charge is 0.457 e. The van der Waals surface area contributed by atoms with E-state index in [0.29, 0.717) is 29.7 Å². The summed E-state index contributed by atoms with van der Waals surface area (Å²) in [5.41, 5.74) is -4.83. The molecule has 1 aliphatic heterocycles. The van der Waals surface area contributed by atoms with Crippen molar-refractivity contribution in [3.63, 3.8) is 0 Å². The molecule has 41 heavy (non-hydrogen) atoms. The second kappa shape index (κ2) is 9.95. The molecule has 10 heteroatoms. The highest BCUT2D eigenvalue weighted by Crippen LogP contribution is 2.66. The van der Waals surface area contributed by atoms with Crippen LogP contribution in [0.3, 0.4) is 0 Å². The van der Waals surface area contributed by atoms with Crippen LogP contribution in [0.5, 0.6) is 0 Å². The molecule has 0 spiro atoms. The lowest BCUT2D eigenvalue weighted by molar-refractivity contribution is -0.246. The molecule has 3 fully saturated rings. The van der Waals surface area contributed by atoms with E-state index in [-0.39, 0.29) is 17.2 Å². The topological polar surface area (TPSA) is 136 Å². The first-order valence-corrected chi connectivity index (χ1v) is 15.1. The molecule has 2 N–H and O–H groups in total. The summed E-state index contributed by atoms with van der Waals surface area (Å²) in [5.74, 6) is -3.03.